The molecule has 0 aliphatic heterocycles. The van der Waals surface area contributed by atoms with Gasteiger partial charge in [0.25, 0.3) is 5.89 Å². The van der Waals surface area contributed by atoms with E-state index in [1.807, 2.05) is 45.0 Å². The first kappa shape index (κ1) is 13.2. The molecule has 1 heterocycles. The highest BCUT2D eigenvalue weighted by atomic mass is 16.5. The van der Waals surface area contributed by atoms with E-state index in [9.17, 15) is 0 Å². The van der Waals surface area contributed by atoms with Gasteiger partial charge in [0.1, 0.15) is 5.75 Å². The lowest BCUT2D eigenvalue weighted by atomic mass is 10.2. The summed E-state index contributed by atoms with van der Waals surface area (Å²) in [5.41, 5.74) is 0.826. The zero-order chi connectivity index (χ0) is 12.7. The molecule has 0 unspecified atom stereocenters. The Morgan fingerprint density at radius 1 is 1.24 bits per heavy atom. The summed E-state index contributed by atoms with van der Waals surface area (Å²) in [5.74, 6) is 1.95. The molecular formula is C13H18N2O2. The van der Waals surface area contributed by atoms with Crippen molar-refractivity contribution in [3.63, 3.8) is 0 Å². The number of ether oxygens (including phenoxy) is 1. The number of hydrogen-bond donors (Lipinski definition) is 0. The van der Waals surface area contributed by atoms with Crippen LogP contribution in [0.25, 0.3) is 11.5 Å². The molecule has 0 amide bonds. The molecule has 0 N–H and O–H groups in total. The Morgan fingerprint density at radius 2 is 1.94 bits per heavy atom. The summed E-state index contributed by atoms with van der Waals surface area (Å²) in [6.07, 6.45) is 0.763. The second-order valence-corrected chi connectivity index (χ2v) is 3.07. The van der Waals surface area contributed by atoms with Crippen molar-refractivity contribution in [1.29, 1.82) is 0 Å². The molecule has 0 aliphatic rings. The molecule has 0 saturated carbocycles. The molecular weight excluding hydrogens is 216 g/mol. The SMILES string of the molecule is CC.CCc1noc(-c2ccccc2OC)n1. The topological polar surface area (TPSA) is 48.2 Å². The molecule has 0 saturated heterocycles. The van der Waals surface area contributed by atoms with E-state index in [2.05, 4.69) is 10.1 Å². The molecule has 1 aromatic carbocycles. The van der Waals surface area contributed by atoms with Crippen LogP contribution >= 0.6 is 0 Å². The van der Waals surface area contributed by atoms with Crippen molar-refractivity contribution in [1.82, 2.24) is 10.1 Å². The third kappa shape index (κ3) is 3.06. The van der Waals surface area contributed by atoms with E-state index in [1.54, 1.807) is 7.11 Å². The summed E-state index contributed by atoms with van der Waals surface area (Å²) in [5, 5.41) is 3.84. The maximum Gasteiger partial charge on any atom is 0.261 e. The van der Waals surface area contributed by atoms with E-state index >= 15 is 0 Å². The van der Waals surface area contributed by atoms with Crippen molar-refractivity contribution in [2.45, 2.75) is 27.2 Å². The maximum absolute atomic E-state index is 5.21. The van der Waals surface area contributed by atoms with Crippen LogP contribution in [0.15, 0.2) is 28.8 Å². The Hall–Kier alpha value is -1.84. The number of methoxy groups -OCH3 is 1. The van der Waals surface area contributed by atoms with Crippen molar-refractivity contribution < 1.29 is 9.26 Å². The Morgan fingerprint density at radius 3 is 2.53 bits per heavy atom. The summed E-state index contributed by atoms with van der Waals surface area (Å²) >= 11 is 0. The monoisotopic (exact) mass is 234 g/mol. The van der Waals surface area contributed by atoms with E-state index in [-0.39, 0.29) is 0 Å². The van der Waals surface area contributed by atoms with Crippen LogP contribution in [-0.2, 0) is 6.42 Å². The van der Waals surface area contributed by atoms with Crippen LogP contribution in [0.2, 0.25) is 0 Å². The molecule has 0 radical (unpaired) electrons. The fourth-order valence-electron chi connectivity index (χ4n) is 1.33. The molecule has 4 heteroatoms. The third-order valence-electron chi connectivity index (χ3n) is 2.12. The van der Waals surface area contributed by atoms with Gasteiger partial charge in [-0.25, -0.2) is 0 Å². The Balaban J connectivity index is 0.000000686. The molecule has 0 atom stereocenters. The third-order valence-corrected chi connectivity index (χ3v) is 2.12. The normalized spacial score (nSPS) is 9.41. The van der Waals surface area contributed by atoms with Gasteiger partial charge in [-0.05, 0) is 12.1 Å². The molecule has 0 fully saturated rings. The first-order valence-electron chi connectivity index (χ1n) is 5.81. The van der Waals surface area contributed by atoms with E-state index in [0.29, 0.717) is 11.7 Å². The number of benzene rings is 1. The molecule has 17 heavy (non-hydrogen) atoms. The minimum absolute atomic E-state index is 0.504. The minimum atomic E-state index is 0.504. The Labute approximate surface area is 102 Å². The number of para-hydroxylation sites is 1. The Bertz CT molecular complexity index is 452. The molecule has 2 aromatic rings. The average Bonchev–Trinajstić information content (AvgIpc) is 2.89. The van der Waals surface area contributed by atoms with Gasteiger partial charge < -0.3 is 9.26 Å². The summed E-state index contributed by atoms with van der Waals surface area (Å²) in [7, 11) is 1.62. The van der Waals surface area contributed by atoms with Gasteiger partial charge in [0, 0.05) is 6.42 Å². The van der Waals surface area contributed by atoms with E-state index in [4.69, 9.17) is 9.26 Å². The van der Waals surface area contributed by atoms with Crippen LogP contribution in [0.4, 0.5) is 0 Å². The van der Waals surface area contributed by atoms with Crippen molar-refractivity contribution in [2.24, 2.45) is 0 Å². The van der Waals surface area contributed by atoms with Gasteiger partial charge in [-0.2, -0.15) is 4.98 Å². The predicted octanol–water partition coefficient (Wildman–Crippen LogP) is 3.33. The van der Waals surface area contributed by atoms with Crippen molar-refractivity contribution in [3.8, 4) is 17.2 Å². The van der Waals surface area contributed by atoms with Gasteiger partial charge in [0.2, 0.25) is 0 Å². The minimum Gasteiger partial charge on any atom is -0.496 e. The highest BCUT2D eigenvalue weighted by Gasteiger charge is 2.11. The van der Waals surface area contributed by atoms with E-state index in [0.717, 1.165) is 17.7 Å². The van der Waals surface area contributed by atoms with Crippen LogP contribution in [0.5, 0.6) is 5.75 Å². The highest BCUT2D eigenvalue weighted by Crippen LogP contribution is 2.27. The molecule has 92 valence electrons. The number of nitrogens with zero attached hydrogens (tertiary/aromatic N) is 2. The van der Waals surface area contributed by atoms with Gasteiger partial charge in [0.15, 0.2) is 5.82 Å². The van der Waals surface area contributed by atoms with Gasteiger partial charge in [-0.1, -0.05) is 38.1 Å². The second kappa shape index (κ2) is 6.68. The van der Waals surface area contributed by atoms with E-state index < -0.39 is 0 Å². The van der Waals surface area contributed by atoms with Crippen LogP contribution in [-0.4, -0.2) is 17.3 Å². The largest absolute Gasteiger partial charge is 0.496 e. The van der Waals surface area contributed by atoms with Gasteiger partial charge >= 0.3 is 0 Å². The quantitative estimate of drug-likeness (QED) is 0.817. The number of aromatic nitrogens is 2. The average molecular weight is 234 g/mol. The van der Waals surface area contributed by atoms with E-state index in [1.165, 1.54) is 0 Å². The van der Waals surface area contributed by atoms with Crippen LogP contribution in [0, 0.1) is 0 Å². The lowest BCUT2D eigenvalue weighted by Gasteiger charge is -2.02. The summed E-state index contributed by atoms with van der Waals surface area (Å²) in [4.78, 5) is 4.25. The van der Waals surface area contributed by atoms with Gasteiger partial charge in [-0.3, -0.25) is 0 Å². The second-order valence-electron chi connectivity index (χ2n) is 3.07. The van der Waals surface area contributed by atoms with Crippen molar-refractivity contribution in [2.75, 3.05) is 7.11 Å². The fourth-order valence-corrected chi connectivity index (χ4v) is 1.33. The number of rotatable bonds is 3. The van der Waals surface area contributed by atoms with Gasteiger partial charge in [-0.15, -0.1) is 0 Å². The smallest absolute Gasteiger partial charge is 0.261 e. The molecule has 0 aliphatic carbocycles. The van der Waals surface area contributed by atoms with Crippen molar-refractivity contribution in [3.05, 3.63) is 30.1 Å². The van der Waals surface area contributed by atoms with Crippen LogP contribution in [0.3, 0.4) is 0 Å². The van der Waals surface area contributed by atoms with Crippen LogP contribution < -0.4 is 4.74 Å². The maximum atomic E-state index is 5.21. The molecule has 1 aromatic heterocycles. The first-order chi connectivity index (χ1) is 8.35. The molecule has 4 nitrogen and oxygen atoms in total. The summed E-state index contributed by atoms with van der Waals surface area (Å²) in [6, 6.07) is 7.57. The Kier molecular flexibility index (Phi) is 5.20. The number of hydrogen-bond acceptors (Lipinski definition) is 4. The lowest BCUT2D eigenvalue weighted by Crippen LogP contribution is -1.87. The zero-order valence-corrected chi connectivity index (χ0v) is 10.7. The predicted molar refractivity (Wildman–Crippen MR) is 67.0 cm³/mol. The molecule has 0 bridgehead atoms. The van der Waals surface area contributed by atoms with Gasteiger partial charge in [0.05, 0.1) is 12.7 Å². The first-order valence-corrected chi connectivity index (χ1v) is 5.81. The standard InChI is InChI=1S/C11H12N2O2.C2H6/c1-3-10-12-11(15-13-10)8-6-4-5-7-9(8)14-2;1-2/h4-7H,3H2,1-2H3;1-2H3. The molecule has 0 spiro atoms. The van der Waals surface area contributed by atoms with Crippen molar-refractivity contribution >= 4 is 0 Å². The summed E-state index contributed by atoms with van der Waals surface area (Å²) in [6.45, 7) is 5.98. The fraction of sp³-hybridized carbons (Fsp3) is 0.385. The summed E-state index contributed by atoms with van der Waals surface area (Å²) < 4.78 is 10.4. The molecule has 2 rings (SSSR count). The zero-order valence-electron chi connectivity index (χ0n) is 10.7. The number of aryl methyl sites for hydroxylation is 1. The highest BCUT2D eigenvalue weighted by molar-refractivity contribution is 5.62. The van der Waals surface area contributed by atoms with Crippen LogP contribution in [0.1, 0.15) is 26.6 Å². The lowest BCUT2D eigenvalue weighted by molar-refractivity contribution is 0.403.